The predicted molar refractivity (Wildman–Crippen MR) is 143 cm³/mol. The molecule has 35 heavy (non-hydrogen) atoms. The van der Waals surface area contributed by atoms with Gasteiger partial charge in [0.1, 0.15) is 9.83 Å². The Labute approximate surface area is 212 Å². The summed E-state index contributed by atoms with van der Waals surface area (Å²) in [4.78, 5) is 46.1. The highest BCUT2D eigenvalue weighted by Crippen LogP contribution is 2.35. The van der Waals surface area contributed by atoms with E-state index < -0.39 is 5.91 Å². The highest BCUT2D eigenvalue weighted by Gasteiger charge is 2.18. The zero-order valence-electron chi connectivity index (χ0n) is 18.1. The summed E-state index contributed by atoms with van der Waals surface area (Å²) in [6.45, 7) is 0. The number of aromatic nitrogens is 2. The number of hydrogen-bond donors (Lipinski definition) is 3. The third-order valence-electron chi connectivity index (χ3n) is 5.16. The molecule has 0 saturated heterocycles. The average Bonchev–Trinajstić information content (AvgIpc) is 3.49. The molecule has 0 unspecified atom stereocenters. The molecular formula is C25H18N4O3S3. The second kappa shape index (κ2) is 9.87. The van der Waals surface area contributed by atoms with Crippen molar-refractivity contribution in [3.05, 3.63) is 88.0 Å². The number of carbonyl (C=O) groups excluding carboxylic acids is 2. The maximum Gasteiger partial charge on any atom is 0.260 e. The zero-order valence-corrected chi connectivity index (χ0v) is 20.6. The first-order valence-corrected chi connectivity index (χ1v) is 13.2. The van der Waals surface area contributed by atoms with E-state index in [0.717, 1.165) is 33.3 Å². The van der Waals surface area contributed by atoms with Crippen molar-refractivity contribution in [3.8, 4) is 21.6 Å². The number of amides is 2. The summed E-state index contributed by atoms with van der Waals surface area (Å²) in [6.07, 6.45) is 0. The van der Waals surface area contributed by atoms with E-state index in [-0.39, 0.29) is 22.8 Å². The van der Waals surface area contributed by atoms with Crippen LogP contribution in [0.5, 0.6) is 0 Å². The van der Waals surface area contributed by atoms with Gasteiger partial charge in [-0.2, -0.15) is 0 Å². The Kier molecular flexibility index (Phi) is 6.49. The van der Waals surface area contributed by atoms with Gasteiger partial charge >= 0.3 is 0 Å². The van der Waals surface area contributed by atoms with Gasteiger partial charge in [0.05, 0.1) is 16.7 Å². The van der Waals surface area contributed by atoms with Gasteiger partial charge < -0.3 is 16.0 Å². The summed E-state index contributed by atoms with van der Waals surface area (Å²) in [5, 5.41) is 5.96. The first-order chi connectivity index (χ1) is 17.0. The Balaban J connectivity index is 1.32. The van der Waals surface area contributed by atoms with E-state index in [1.807, 2.05) is 66.0 Å². The smallest absolute Gasteiger partial charge is 0.260 e. The topological polar surface area (TPSA) is 118 Å². The molecule has 3 heterocycles. The van der Waals surface area contributed by atoms with Crippen LogP contribution in [0.4, 0.5) is 5.00 Å². The maximum atomic E-state index is 12.8. The number of primary amides is 1. The van der Waals surface area contributed by atoms with E-state index in [2.05, 4.69) is 15.3 Å². The minimum atomic E-state index is -0.616. The number of nitrogens with zero attached hydrogens (tertiary/aromatic N) is 1. The first kappa shape index (κ1) is 23.0. The fraction of sp³-hybridized carbons (Fsp3) is 0.0400. The van der Waals surface area contributed by atoms with Gasteiger partial charge in [0.2, 0.25) is 5.91 Å². The van der Waals surface area contributed by atoms with Crippen molar-refractivity contribution in [2.45, 2.75) is 5.16 Å². The molecule has 7 nitrogen and oxygen atoms in total. The summed E-state index contributed by atoms with van der Waals surface area (Å²) in [6, 6.07) is 20.9. The Morgan fingerprint density at radius 3 is 2.40 bits per heavy atom. The minimum absolute atomic E-state index is 0.00212. The van der Waals surface area contributed by atoms with Crippen LogP contribution in [0.1, 0.15) is 10.4 Å². The van der Waals surface area contributed by atoms with Gasteiger partial charge in [-0.05, 0) is 17.2 Å². The molecule has 4 N–H and O–H groups in total. The van der Waals surface area contributed by atoms with Gasteiger partial charge in [-0.25, -0.2) is 4.98 Å². The lowest BCUT2D eigenvalue weighted by Crippen LogP contribution is -2.18. The number of benzene rings is 2. The highest BCUT2D eigenvalue weighted by atomic mass is 32.2. The van der Waals surface area contributed by atoms with Crippen molar-refractivity contribution in [3.63, 3.8) is 0 Å². The maximum absolute atomic E-state index is 12.8. The lowest BCUT2D eigenvalue weighted by atomic mass is 10.1. The van der Waals surface area contributed by atoms with Crippen LogP contribution < -0.4 is 16.6 Å². The second-order valence-corrected chi connectivity index (χ2v) is 10.4. The van der Waals surface area contributed by atoms with Gasteiger partial charge in [0.15, 0.2) is 5.16 Å². The van der Waals surface area contributed by atoms with Crippen LogP contribution in [-0.4, -0.2) is 27.5 Å². The predicted octanol–water partition coefficient (Wildman–Crippen LogP) is 5.21. The molecular weight excluding hydrogens is 501 g/mol. The summed E-state index contributed by atoms with van der Waals surface area (Å²) >= 11 is 3.78. The number of aromatic amines is 1. The standard InChI is InChI=1S/C25H18N4O3S3/c26-21(31)16-11-18(15-9-5-2-6-10-15)35-23(16)27-19(30)13-34-25-28-22(32)20-17(12-33-24(20)29-25)14-7-3-1-4-8-14/h1-12H,13H2,(H2,26,31)(H,27,30)(H,28,29,32). The van der Waals surface area contributed by atoms with Gasteiger partial charge in [0.25, 0.3) is 11.5 Å². The number of nitrogens with two attached hydrogens (primary N) is 1. The van der Waals surface area contributed by atoms with Crippen molar-refractivity contribution < 1.29 is 9.59 Å². The van der Waals surface area contributed by atoms with Gasteiger partial charge in [-0.1, -0.05) is 72.4 Å². The molecule has 2 amide bonds. The van der Waals surface area contributed by atoms with Gasteiger partial charge in [0, 0.05) is 15.8 Å². The van der Waals surface area contributed by atoms with Crippen LogP contribution in [0, 0.1) is 0 Å². The van der Waals surface area contributed by atoms with Gasteiger partial charge in [-0.3, -0.25) is 14.4 Å². The van der Waals surface area contributed by atoms with Crippen molar-refractivity contribution >= 4 is 61.5 Å². The van der Waals surface area contributed by atoms with E-state index in [1.54, 1.807) is 6.07 Å². The number of carbonyl (C=O) groups is 2. The fourth-order valence-electron chi connectivity index (χ4n) is 3.54. The quantitative estimate of drug-likeness (QED) is 0.202. The monoisotopic (exact) mass is 518 g/mol. The van der Waals surface area contributed by atoms with Gasteiger partial charge in [-0.15, -0.1) is 22.7 Å². The minimum Gasteiger partial charge on any atom is -0.366 e. The Bertz CT molecular complexity index is 1590. The summed E-state index contributed by atoms with van der Waals surface area (Å²) in [7, 11) is 0. The Morgan fingerprint density at radius 2 is 1.71 bits per heavy atom. The van der Waals surface area contributed by atoms with Crippen molar-refractivity contribution in [2.24, 2.45) is 5.73 Å². The van der Waals surface area contributed by atoms with Crippen molar-refractivity contribution in [1.29, 1.82) is 0 Å². The normalized spacial score (nSPS) is 11.0. The van der Waals surface area contributed by atoms with Crippen LogP contribution in [-0.2, 0) is 4.79 Å². The molecule has 174 valence electrons. The molecule has 5 rings (SSSR count). The number of rotatable bonds is 7. The Hall–Kier alpha value is -3.73. The first-order valence-electron chi connectivity index (χ1n) is 10.5. The molecule has 10 heteroatoms. The second-order valence-electron chi connectivity index (χ2n) is 7.49. The van der Waals surface area contributed by atoms with E-state index >= 15 is 0 Å². The van der Waals surface area contributed by atoms with Crippen LogP contribution in [0.3, 0.4) is 0 Å². The number of H-pyrrole nitrogens is 1. The van der Waals surface area contributed by atoms with E-state index in [9.17, 15) is 14.4 Å². The largest absolute Gasteiger partial charge is 0.366 e. The molecule has 0 aliphatic rings. The number of thiophene rings is 2. The van der Waals surface area contributed by atoms with Crippen molar-refractivity contribution in [1.82, 2.24) is 9.97 Å². The molecule has 0 saturated carbocycles. The fourth-order valence-corrected chi connectivity index (χ4v) is 6.29. The SMILES string of the molecule is NC(=O)c1cc(-c2ccccc2)sc1NC(=O)CSc1nc2scc(-c3ccccc3)c2c(=O)[nH]1. The van der Waals surface area contributed by atoms with E-state index in [4.69, 9.17) is 5.73 Å². The number of anilines is 1. The molecule has 2 aromatic carbocycles. The molecule has 0 aliphatic carbocycles. The van der Waals surface area contributed by atoms with Crippen LogP contribution >= 0.6 is 34.4 Å². The lowest BCUT2D eigenvalue weighted by Gasteiger charge is -2.05. The molecule has 5 aromatic rings. The molecule has 0 radical (unpaired) electrons. The number of thioether (sulfide) groups is 1. The molecule has 0 fully saturated rings. The molecule has 0 atom stereocenters. The van der Waals surface area contributed by atoms with Crippen LogP contribution in [0.25, 0.3) is 31.8 Å². The van der Waals surface area contributed by atoms with E-state index in [1.165, 1.54) is 22.7 Å². The summed E-state index contributed by atoms with van der Waals surface area (Å²) < 4.78 is 0. The van der Waals surface area contributed by atoms with E-state index in [0.29, 0.717) is 20.4 Å². The summed E-state index contributed by atoms with van der Waals surface area (Å²) in [5.74, 6) is -0.949. The third-order valence-corrected chi connectivity index (χ3v) is 8.00. The summed E-state index contributed by atoms with van der Waals surface area (Å²) in [5.41, 5.74) is 8.24. The zero-order chi connectivity index (χ0) is 24.4. The van der Waals surface area contributed by atoms with Crippen molar-refractivity contribution in [2.75, 3.05) is 11.1 Å². The van der Waals surface area contributed by atoms with Crippen LogP contribution in [0.2, 0.25) is 0 Å². The number of fused-ring (bicyclic) bond motifs is 1. The molecule has 0 bridgehead atoms. The van der Waals surface area contributed by atoms with Crippen LogP contribution in [0.15, 0.2) is 82.1 Å². The molecule has 0 aliphatic heterocycles. The highest BCUT2D eigenvalue weighted by molar-refractivity contribution is 7.99. The number of nitrogens with one attached hydrogen (secondary N) is 2. The lowest BCUT2D eigenvalue weighted by molar-refractivity contribution is -0.113. The molecule has 3 aromatic heterocycles. The Morgan fingerprint density at radius 1 is 1.03 bits per heavy atom. The molecule has 0 spiro atoms. The third kappa shape index (κ3) is 4.90. The number of hydrogen-bond acceptors (Lipinski definition) is 7. The average molecular weight is 519 g/mol.